The maximum Gasteiger partial charge on any atom is 0.277 e. The van der Waals surface area contributed by atoms with E-state index < -0.39 is 6.10 Å². The average molecular weight is 417 g/mol. The van der Waals surface area contributed by atoms with E-state index in [0.29, 0.717) is 22.9 Å². The van der Waals surface area contributed by atoms with E-state index >= 15 is 0 Å². The topological polar surface area (TPSA) is 84.7 Å². The van der Waals surface area contributed by atoms with Crippen molar-refractivity contribution in [2.75, 3.05) is 17.3 Å². The van der Waals surface area contributed by atoms with Crippen molar-refractivity contribution < 1.29 is 18.8 Å². The molecular formula is C24H23N3O4. The quantitative estimate of drug-likeness (QED) is 0.690. The predicted molar refractivity (Wildman–Crippen MR) is 116 cm³/mol. The average Bonchev–Trinajstić information content (AvgIpc) is 3.28. The summed E-state index contributed by atoms with van der Waals surface area (Å²) < 4.78 is 11.1. The third kappa shape index (κ3) is 3.56. The fraction of sp³-hybridized carbons (Fsp3) is 0.292. The van der Waals surface area contributed by atoms with Crippen LogP contribution in [0.4, 0.5) is 11.4 Å². The van der Waals surface area contributed by atoms with E-state index in [1.54, 1.807) is 38.2 Å². The number of aryl methyl sites for hydroxylation is 2. The molecule has 2 amide bonds. The van der Waals surface area contributed by atoms with Crippen LogP contribution in [0.3, 0.4) is 0 Å². The fourth-order valence-corrected chi connectivity index (χ4v) is 4.19. The molecule has 3 aromatic rings. The maximum atomic E-state index is 12.7. The van der Waals surface area contributed by atoms with Gasteiger partial charge in [-0.2, -0.15) is 0 Å². The number of hydrogen-bond acceptors (Lipinski definition) is 5. The lowest BCUT2D eigenvalue weighted by atomic mass is 9.90. The second-order valence-corrected chi connectivity index (χ2v) is 8.06. The van der Waals surface area contributed by atoms with Crippen molar-refractivity contribution in [2.24, 2.45) is 0 Å². The van der Waals surface area contributed by atoms with E-state index in [4.69, 9.17) is 9.26 Å². The van der Waals surface area contributed by atoms with Gasteiger partial charge >= 0.3 is 0 Å². The van der Waals surface area contributed by atoms with Gasteiger partial charge in [-0.1, -0.05) is 17.3 Å². The Morgan fingerprint density at radius 2 is 1.90 bits per heavy atom. The third-order valence-corrected chi connectivity index (χ3v) is 5.94. The number of fused-ring (bicyclic) bond motifs is 2. The smallest absolute Gasteiger partial charge is 0.277 e. The monoisotopic (exact) mass is 417 g/mol. The summed E-state index contributed by atoms with van der Waals surface area (Å²) in [4.78, 5) is 26.4. The molecule has 0 spiro atoms. The van der Waals surface area contributed by atoms with Crippen LogP contribution in [0.2, 0.25) is 0 Å². The van der Waals surface area contributed by atoms with Gasteiger partial charge < -0.3 is 19.5 Å². The molecule has 2 aliphatic rings. The first-order chi connectivity index (χ1) is 15.0. The highest BCUT2D eigenvalue weighted by molar-refractivity contribution is 6.05. The number of nitrogens with one attached hydrogen (secondary N) is 1. The molecule has 2 heterocycles. The van der Waals surface area contributed by atoms with Crippen LogP contribution in [0.15, 0.2) is 47.0 Å². The van der Waals surface area contributed by atoms with Gasteiger partial charge in [-0.15, -0.1) is 0 Å². The van der Waals surface area contributed by atoms with E-state index in [1.165, 1.54) is 28.9 Å². The minimum Gasteiger partial charge on any atom is -0.479 e. The van der Waals surface area contributed by atoms with Gasteiger partial charge in [0.15, 0.2) is 17.6 Å². The summed E-state index contributed by atoms with van der Waals surface area (Å²) in [6.07, 6.45) is 4.09. The van der Waals surface area contributed by atoms with Crippen molar-refractivity contribution >= 4 is 23.2 Å². The van der Waals surface area contributed by atoms with Crippen LogP contribution in [0, 0.1) is 0 Å². The van der Waals surface area contributed by atoms with Crippen LogP contribution in [0.25, 0.3) is 11.3 Å². The zero-order chi connectivity index (χ0) is 21.5. The Morgan fingerprint density at radius 3 is 2.74 bits per heavy atom. The van der Waals surface area contributed by atoms with Crippen molar-refractivity contribution in [3.8, 4) is 17.1 Å². The van der Waals surface area contributed by atoms with Crippen molar-refractivity contribution in [1.82, 2.24) is 5.16 Å². The third-order valence-electron chi connectivity index (χ3n) is 5.94. The van der Waals surface area contributed by atoms with E-state index in [0.717, 1.165) is 18.4 Å². The molecule has 0 unspecified atom stereocenters. The van der Waals surface area contributed by atoms with E-state index in [-0.39, 0.29) is 17.5 Å². The zero-order valence-corrected chi connectivity index (χ0v) is 17.5. The number of likely N-dealkylation sites (N-methyl/N-ethyl adjacent to an activating group) is 1. The normalized spacial score (nSPS) is 17.5. The van der Waals surface area contributed by atoms with E-state index in [2.05, 4.69) is 22.6 Å². The first-order valence-corrected chi connectivity index (χ1v) is 10.5. The maximum absolute atomic E-state index is 12.7. The first-order valence-electron chi connectivity index (χ1n) is 10.5. The summed E-state index contributed by atoms with van der Waals surface area (Å²) in [5.41, 5.74) is 5.00. The van der Waals surface area contributed by atoms with Gasteiger partial charge in [0, 0.05) is 24.4 Å². The molecule has 1 aromatic heterocycles. The van der Waals surface area contributed by atoms with Crippen molar-refractivity contribution in [3.05, 3.63) is 59.3 Å². The molecule has 0 saturated heterocycles. The molecule has 0 saturated carbocycles. The van der Waals surface area contributed by atoms with E-state index in [9.17, 15) is 9.59 Å². The summed E-state index contributed by atoms with van der Waals surface area (Å²) in [6, 6.07) is 13.1. The van der Waals surface area contributed by atoms with Gasteiger partial charge in [0.1, 0.15) is 5.75 Å². The predicted octanol–water partition coefficient (Wildman–Crippen LogP) is 4.22. The molecule has 0 fully saturated rings. The van der Waals surface area contributed by atoms with Gasteiger partial charge in [0.2, 0.25) is 0 Å². The summed E-state index contributed by atoms with van der Waals surface area (Å²) in [5, 5.41) is 6.76. The molecule has 2 aromatic carbocycles. The highest BCUT2D eigenvalue weighted by atomic mass is 16.5. The van der Waals surface area contributed by atoms with Crippen molar-refractivity contribution in [3.63, 3.8) is 0 Å². The zero-order valence-electron chi connectivity index (χ0n) is 17.5. The molecular weight excluding hydrogens is 394 g/mol. The standard InChI is InChI=1S/C24H23N3O4/c1-14-24(29)27(2)20-12-18(9-10-21(20)30-14)25-23(28)19-13-22(31-26-19)17-8-7-15-5-3-4-6-16(15)11-17/h7-14H,3-6H2,1-2H3,(H,25,28)/t14-/m1/s1. The molecule has 1 N–H and O–H groups in total. The second-order valence-electron chi connectivity index (χ2n) is 8.06. The number of aromatic nitrogens is 1. The summed E-state index contributed by atoms with van der Waals surface area (Å²) in [6.45, 7) is 1.71. The summed E-state index contributed by atoms with van der Waals surface area (Å²) >= 11 is 0. The van der Waals surface area contributed by atoms with Gasteiger partial charge in [0.05, 0.1) is 5.69 Å². The van der Waals surface area contributed by atoms with Crippen LogP contribution >= 0.6 is 0 Å². The van der Waals surface area contributed by atoms with Crippen LogP contribution in [0.5, 0.6) is 5.75 Å². The van der Waals surface area contributed by atoms with E-state index in [1.807, 2.05) is 6.07 Å². The number of benzene rings is 2. The Bertz CT molecular complexity index is 1180. The lowest BCUT2D eigenvalue weighted by molar-refractivity contribution is -0.125. The van der Waals surface area contributed by atoms with Crippen molar-refractivity contribution in [2.45, 2.75) is 38.7 Å². The second kappa shape index (κ2) is 7.58. The lowest BCUT2D eigenvalue weighted by Gasteiger charge is -2.30. The van der Waals surface area contributed by atoms with Gasteiger partial charge in [-0.25, -0.2) is 0 Å². The number of amides is 2. The molecule has 31 heavy (non-hydrogen) atoms. The Kier molecular flexibility index (Phi) is 4.73. The SMILES string of the molecule is C[C@H]1Oc2ccc(NC(=O)c3cc(-c4ccc5c(c4)CCCC5)on3)cc2N(C)C1=O. The molecule has 0 radical (unpaired) electrons. The number of rotatable bonds is 3. The van der Waals surface area contributed by atoms with Crippen LogP contribution < -0.4 is 15.0 Å². The highest BCUT2D eigenvalue weighted by Gasteiger charge is 2.29. The Labute approximate surface area is 180 Å². The van der Waals surface area contributed by atoms with Gasteiger partial charge in [-0.05, 0) is 68.0 Å². The van der Waals surface area contributed by atoms with Crippen LogP contribution in [0.1, 0.15) is 41.4 Å². The minimum atomic E-state index is -0.532. The number of nitrogens with zero attached hydrogens (tertiary/aromatic N) is 2. The number of anilines is 2. The van der Waals surface area contributed by atoms with Crippen LogP contribution in [-0.4, -0.2) is 30.1 Å². The summed E-state index contributed by atoms with van der Waals surface area (Å²) in [7, 11) is 1.69. The minimum absolute atomic E-state index is 0.137. The fourth-order valence-electron chi connectivity index (χ4n) is 4.19. The molecule has 0 bridgehead atoms. The number of carbonyl (C=O) groups is 2. The number of carbonyl (C=O) groups excluding carboxylic acids is 2. The number of ether oxygens (including phenoxy) is 1. The molecule has 158 valence electrons. The Morgan fingerprint density at radius 1 is 1.10 bits per heavy atom. The molecule has 7 heteroatoms. The van der Waals surface area contributed by atoms with Gasteiger partial charge in [0.25, 0.3) is 11.8 Å². The number of hydrogen-bond donors (Lipinski definition) is 1. The highest BCUT2D eigenvalue weighted by Crippen LogP contribution is 2.35. The molecule has 1 aliphatic heterocycles. The Balaban J connectivity index is 1.34. The Hall–Kier alpha value is -3.61. The molecule has 7 nitrogen and oxygen atoms in total. The van der Waals surface area contributed by atoms with Crippen molar-refractivity contribution in [1.29, 1.82) is 0 Å². The van der Waals surface area contributed by atoms with Gasteiger partial charge in [-0.3, -0.25) is 9.59 Å². The molecule has 5 rings (SSSR count). The first kappa shape index (κ1) is 19.4. The lowest BCUT2D eigenvalue weighted by Crippen LogP contribution is -2.41. The molecule has 1 aliphatic carbocycles. The molecule has 1 atom stereocenters. The largest absolute Gasteiger partial charge is 0.479 e. The summed E-state index contributed by atoms with van der Waals surface area (Å²) in [5.74, 6) is 0.648. The van der Waals surface area contributed by atoms with Crippen LogP contribution in [-0.2, 0) is 17.6 Å².